The van der Waals surface area contributed by atoms with Crippen LogP contribution in [0.2, 0.25) is 0 Å². The number of aliphatic hydroxyl groups excluding tert-OH is 1. The monoisotopic (exact) mass is 281 g/mol. The normalized spacial score (nSPS) is 12.3. The van der Waals surface area contributed by atoms with Gasteiger partial charge in [-0.25, -0.2) is 9.18 Å². The first-order chi connectivity index (χ1) is 9.43. The molecule has 2 aromatic rings. The summed E-state index contributed by atoms with van der Waals surface area (Å²) < 4.78 is 18.4. The standard InChI is InChI=1S/C13H12FNO5/c1-6-8-4-7(14)2-3-10(8)20-11(6)12(17)15-9(5-16)13(18)19/h2-4,9,16H,5H2,1H3,(H,15,17)(H,18,19)/t9-/m0/s1. The molecule has 0 fully saturated rings. The van der Waals surface area contributed by atoms with Gasteiger partial charge in [-0.15, -0.1) is 0 Å². The minimum atomic E-state index is -1.42. The van der Waals surface area contributed by atoms with Gasteiger partial charge in [0.05, 0.1) is 6.61 Å². The van der Waals surface area contributed by atoms with Crippen LogP contribution in [0.15, 0.2) is 22.6 Å². The number of aliphatic carboxylic acids is 1. The van der Waals surface area contributed by atoms with Crippen molar-refractivity contribution in [1.29, 1.82) is 0 Å². The molecule has 20 heavy (non-hydrogen) atoms. The number of halogens is 1. The lowest BCUT2D eigenvalue weighted by Crippen LogP contribution is -2.43. The molecule has 3 N–H and O–H groups in total. The van der Waals surface area contributed by atoms with Crippen LogP contribution >= 0.6 is 0 Å². The van der Waals surface area contributed by atoms with Gasteiger partial charge in [-0.1, -0.05) is 0 Å². The molecular weight excluding hydrogens is 269 g/mol. The molecule has 0 bridgehead atoms. The third-order valence-corrected chi connectivity index (χ3v) is 2.89. The highest BCUT2D eigenvalue weighted by Crippen LogP contribution is 2.25. The molecule has 6 nitrogen and oxygen atoms in total. The van der Waals surface area contributed by atoms with Crippen LogP contribution in [-0.2, 0) is 4.79 Å². The average molecular weight is 281 g/mol. The van der Waals surface area contributed by atoms with Gasteiger partial charge >= 0.3 is 5.97 Å². The largest absolute Gasteiger partial charge is 0.480 e. The number of carbonyl (C=O) groups is 2. The summed E-state index contributed by atoms with van der Waals surface area (Å²) in [7, 11) is 0. The molecule has 7 heteroatoms. The van der Waals surface area contributed by atoms with Gasteiger partial charge in [0.15, 0.2) is 11.8 Å². The summed E-state index contributed by atoms with van der Waals surface area (Å²) >= 11 is 0. The van der Waals surface area contributed by atoms with Gasteiger partial charge < -0.3 is 19.9 Å². The third kappa shape index (κ3) is 2.48. The Morgan fingerprint density at radius 3 is 2.75 bits per heavy atom. The van der Waals surface area contributed by atoms with E-state index < -0.39 is 30.3 Å². The quantitative estimate of drug-likeness (QED) is 0.778. The molecule has 0 aliphatic heterocycles. The van der Waals surface area contributed by atoms with Gasteiger partial charge in [-0.2, -0.15) is 0 Å². The van der Waals surface area contributed by atoms with Crippen LogP contribution in [0.25, 0.3) is 11.0 Å². The summed E-state index contributed by atoms with van der Waals surface area (Å²) in [6.45, 7) is 0.823. The van der Waals surface area contributed by atoms with Crippen molar-refractivity contribution in [1.82, 2.24) is 5.32 Å². The number of benzene rings is 1. The minimum absolute atomic E-state index is 0.106. The first-order valence-corrected chi connectivity index (χ1v) is 5.77. The predicted octanol–water partition coefficient (Wildman–Crippen LogP) is 1.06. The van der Waals surface area contributed by atoms with Crippen LogP contribution in [0.1, 0.15) is 16.1 Å². The van der Waals surface area contributed by atoms with Crippen LogP contribution in [0.3, 0.4) is 0 Å². The van der Waals surface area contributed by atoms with Crippen molar-refractivity contribution in [2.45, 2.75) is 13.0 Å². The SMILES string of the molecule is Cc1c(C(=O)N[C@@H](CO)C(=O)O)oc2ccc(F)cc12. The number of hydrogen-bond donors (Lipinski definition) is 3. The number of aryl methyl sites for hydroxylation is 1. The van der Waals surface area contributed by atoms with Gasteiger partial charge in [0, 0.05) is 10.9 Å². The third-order valence-electron chi connectivity index (χ3n) is 2.89. The Bertz CT molecular complexity index is 679. The molecule has 1 aromatic heterocycles. The Kier molecular flexibility index (Phi) is 3.71. The van der Waals surface area contributed by atoms with E-state index in [0.29, 0.717) is 16.5 Å². The van der Waals surface area contributed by atoms with E-state index in [1.54, 1.807) is 6.92 Å². The van der Waals surface area contributed by atoms with Gasteiger partial charge in [-0.3, -0.25) is 4.79 Å². The fourth-order valence-corrected chi connectivity index (χ4v) is 1.82. The first-order valence-electron chi connectivity index (χ1n) is 5.77. The number of rotatable bonds is 4. The molecule has 2 rings (SSSR count). The number of carboxylic acids is 1. The number of furan rings is 1. The smallest absolute Gasteiger partial charge is 0.328 e. The number of aliphatic hydroxyl groups is 1. The molecular formula is C13H12FNO5. The maximum atomic E-state index is 13.1. The van der Waals surface area contributed by atoms with E-state index in [2.05, 4.69) is 5.32 Å². The number of hydrogen-bond acceptors (Lipinski definition) is 4. The van der Waals surface area contributed by atoms with Crippen molar-refractivity contribution >= 4 is 22.8 Å². The van der Waals surface area contributed by atoms with E-state index >= 15 is 0 Å². The van der Waals surface area contributed by atoms with Crippen molar-refractivity contribution < 1.29 is 28.6 Å². The number of amides is 1. The highest BCUT2D eigenvalue weighted by atomic mass is 19.1. The summed E-state index contributed by atoms with van der Waals surface area (Å²) in [5.41, 5.74) is 0.726. The van der Waals surface area contributed by atoms with Crippen molar-refractivity contribution in [3.05, 3.63) is 35.3 Å². The van der Waals surface area contributed by atoms with Crippen molar-refractivity contribution in [2.24, 2.45) is 0 Å². The van der Waals surface area contributed by atoms with Crippen LogP contribution in [0.5, 0.6) is 0 Å². The van der Waals surface area contributed by atoms with E-state index in [0.717, 1.165) is 0 Å². The fraction of sp³-hybridized carbons (Fsp3) is 0.231. The molecule has 0 unspecified atom stereocenters. The molecule has 0 aliphatic rings. The molecule has 0 saturated heterocycles. The van der Waals surface area contributed by atoms with Gasteiger partial charge in [0.2, 0.25) is 0 Å². The van der Waals surface area contributed by atoms with Crippen LogP contribution < -0.4 is 5.32 Å². The van der Waals surface area contributed by atoms with Gasteiger partial charge in [0.25, 0.3) is 5.91 Å². The topological polar surface area (TPSA) is 99.8 Å². The Morgan fingerprint density at radius 2 is 2.15 bits per heavy atom. The van der Waals surface area contributed by atoms with E-state index in [9.17, 15) is 14.0 Å². The van der Waals surface area contributed by atoms with Crippen molar-refractivity contribution in [2.75, 3.05) is 6.61 Å². The lowest BCUT2D eigenvalue weighted by Gasteiger charge is -2.10. The molecule has 0 spiro atoms. The Balaban J connectivity index is 2.35. The van der Waals surface area contributed by atoms with E-state index in [1.807, 2.05) is 0 Å². The maximum absolute atomic E-state index is 13.1. The lowest BCUT2D eigenvalue weighted by molar-refractivity contribution is -0.140. The molecule has 1 aromatic carbocycles. The average Bonchev–Trinajstić information content (AvgIpc) is 2.73. The summed E-state index contributed by atoms with van der Waals surface area (Å²) in [6.07, 6.45) is 0. The Hall–Kier alpha value is -2.41. The van der Waals surface area contributed by atoms with Crippen molar-refractivity contribution in [3.63, 3.8) is 0 Å². The summed E-state index contributed by atoms with van der Waals surface area (Å²) in [5.74, 6) is -2.71. The second kappa shape index (κ2) is 5.30. The number of nitrogens with one attached hydrogen (secondary N) is 1. The maximum Gasteiger partial charge on any atom is 0.328 e. The predicted molar refractivity (Wildman–Crippen MR) is 66.9 cm³/mol. The highest BCUT2D eigenvalue weighted by Gasteiger charge is 2.24. The zero-order valence-corrected chi connectivity index (χ0v) is 10.5. The van der Waals surface area contributed by atoms with Gasteiger partial charge in [0.1, 0.15) is 11.4 Å². The van der Waals surface area contributed by atoms with E-state index in [-0.39, 0.29) is 5.76 Å². The Labute approximate surface area is 112 Å². The molecule has 0 radical (unpaired) electrons. The molecule has 106 valence electrons. The van der Waals surface area contributed by atoms with E-state index in [4.69, 9.17) is 14.6 Å². The number of carboxylic acid groups (broad SMARTS) is 1. The lowest BCUT2D eigenvalue weighted by atomic mass is 10.1. The van der Waals surface area contributed by atoms with Crippen molar-refractivity contribution in [3.8, 4) is 0 Å². The molecule has 1 heterocycles. The van der Waals surface area contributed by atoms with Crippen LogP contribution in [-0.4, -0.2) is 34.7 Å². The van der Waals surface area contributed by atoms with Gasteiger partial charge in [-0.05, 0) is 25.1 Å². The van der Waals surface area contributed by atoms with Crippen LogP contribution in [0.4, 0.5) is 4.39 Å². The second-order valence-electron chi connectivity index (χ2n) is 4.24. The van der Waals surface area contributed by atoms with E-state index in [1.165, 1.54) is 18.2 Å². The highest BCUT2D eigenvalue weighted by molar-refractivity contribution is 6.00. The fourth-order valence-electron chi connectivity index (χ4n) is 1.82. The van der Waals surface area contributed by atoms with Crippen LogP contribution in [0, 0.1) is 12.7 Å². The molecule has 0 aliphatic carbocycles. The second-order valence-corrected chi connectivity index (χ2v) is 4.24. The zero-order chi connectivity index (χ0) is 14.9. The minimum Gasteiger partial charge on any atom is -0.480 e. The Morgan fingerprint density at radius 1 is 1.45 bits per heavy atom. The molecule has 1 amide bonds. The number of fused-ring (bicyclic) bond motifs is 1. The first kappa shape index (κ1) is 14.0. The number of carbonyl (C=O) groups excluding carboxylic acids is 1. The summed E-state index contributed by atoms with van der Waals surface area (Å²) in [6, 6.07) is 2.38. The summed E-state index contributed by atoms with van der Waals surface area (Å²) in [4.78, 5) is 22.7. The summed E-state index contributed by atoms with van der Waals surface area (Å²) in [5, 5.41) is 20.2. The molecule has 1 atom stereocenters. The molecule has 0 saturated carbocycles. The zero-order valence-electron chi connectivity index (χ0n) is 10.5.